The first-order valence-corrected chi connectivity index (χ1v) is 9.96. The molecule has 0 saturated heterocycles. The van der Waals surface area contributed by atoms with E-state index >= 15 is 0 Å². The average molecular weight is 341 g/mol. The Morgan fingerprint density at radius 1 is 0.577 bits per heavy atom. The summed E-state index contributed by atoms with van der Waals surface area (Å²) in [5.41, 5.74) is 11.5. The molecule has 0 aromatic heterocycles. The Bertz CT molecular complexity index is 900. The maximum atomic E-state index is 2.44. The van der Waals surface area contributed by atoms with Crippen LogP contribution < -0.4 is 0 Å². The molecule has 0 spiro atoms. The minimum Gasteiger partial charge on any atom is -0.0588 e. The van der Waals surface area contributed by atoms with Crippen LogP contribution in [-0.2, 0) is 25.7 Å². The van der Waals surface area contributed by atoms with Gasteiger partial charge in [-0.3, -0.25) is 0 Å². The zero-order chi connectivity index (χ0) is 17.9. The van der Waals surface area contributed by atoms with Crippen LogP contribution in [-0.4, -0.2) is 0 Å². The summed E-state index contributed by atoms with van der Waals surface area (Å²) in [6.45, 7) is 4.43. The molecule has 0 heteroatoms. The van der Waals surface area contributed by atoms with Crippen molar-refractivity contribution in [1.29, 1.82) is 0 Å². The molecule has 0 unspecified atom stereocenters. The Labute approximate surface area is 157 Å². The van der Waals surface area contributed by atoms with E-state index in [1.54, 1.807) is 0 Å². The third-order valence-corrected chi connectivity index (χ3v) is 5.77. The first kappa shape index (κ1) is 17.1. The highest BCUT2D eigenvalue weighted by Crippen LogP contribution is 2.28. The molecule has 0 heterocycles. The quantitative estimate of drug-likeness (QED) is 0.466. The van der Waals surface area contributed by atoms with Crippen molar-refractivity contribution >= 4 is 0 Å². The lowest BCUT2D eigenvalue weighted by Gasteiger charge is -2.15. The van der Waals surface area contributed by atoms with Crippen LogP contribution in [0.3, 0.4) is 0 Å². The normalized spacial score (nSPS) is 14.4. The van der Waals surface area contributed by atoms with Crippen molar-refractivity contribution in [2.24, 2.45) is 0 Å². The minimum absolute atomic E-state index is 1.14. The van der Waals surface area contributed by atoms with Gasteiger partial charge in [-0.05, 0) is 91.3 Å². The second-order valence-corrected chi connectivity index (χ2v) is 7.83. The fourth-order valence-electron chi connectivity index (χ4n) is 4.16. The van der Waals surface area contributed by atoms with Gasteiger partial charge in [0, 0.05) is 0 Å². The Hall–Kier alpha value is -2.34. The lowest BCUT2D eigenvalue weighted by atomic mass is 9.90. The Kier molecular flexibility index (Phi) is 4.93. The van der Waals surface area contributed by atoms with E-state index in [4.69, 9.17) is 0 Å². The zero-order valence-corrected chi connectivity index (χ0v) is 16.0. The maximum Gasteiger partial charge on any atom is -0.0149 e. The molecule has 4 bridgehead atoms. The molecule has 0 saturated carbocycles. The average Bonchev–Trinajstić information content (AvgIpc) is 2.65. The summed E-state index contributed by atoms with van der Waals surface area (Å²) in [4.78, 5) is 0. The van der Waals surface area contributed by atoms with Gasteiger partial charge in [0.2, 0.25) is 0 Å². The topological polar surface area (TPSA) is 0 Å². The van der Waals surface area contributed by atoms with Crippen molar-refractivity contribution in [1.82, 2.24) is 0 Å². The summed E-state index contributed by atoms with van der Waals surface area (Å²) >= 11 is 0. The van der Waals surface area contributed by atoms with Crippen LogP contribution in [0.4, 0.5) is 0 Å². The molecule has 26 heavy (non-hydrogen) atoms. The van der Waals surface area contributed by atoms with E-state index in [9.17, 15) is 0 Å². The molecular formula is C26H28. The van der Waals surface area contributed by atoms with Crippen molar-refractivity contribution in [2.75, 3.05) is 0 Å². The van der Waals surface area contributed by atoms with Gasteiger partial charge in [-0.1, -0.05) is 66.2 Å². The second-order valence-electron chi connectivity index (χ2n) is 7.83. The fourth-order valence-corrected chi connectivity index (χ4v) is 4.16. The van der Waals surface area contributed by atoms with Gasteiger partial charge < -0.3 is 0 Å². The first-order chi connectivity index (χ1) is 12.7. The third kappa shape index (κ3) is 3.75. The SMILES string of the molecule is Cc1ccc(-c2cc3ccc2CCCc2ccc(c(C)c2)CCC3)cc1. The minimum atomic E-state index is 1.14. The van der Waals surface area contributed by atoms with E-state index in [1.165, 1.54) is 63.8 Å². The van der Waals surface area contributed by atoms with E-state index < -0.39 is 0 Å². The Morgan fingerprint density at radius 2 is 1.19 bits per heavy atom. The Morgan fingerprint density at radius 3 is 1.88 bits per heavy atom. The monoisotopic (exact) mass is 340 g/mol. The lowest BCUT2D eigenvalue weighted by Crippen LogP contribution is -1.99. The van der Waals surface area contributed by atoms with E-state index in [2.05, 4.69) is 74.5 Å². The van der Waals surface area contributed by atoms with E-state index in [-0.39, 0.29) is 0 Å². The number of rotatable bonds is 1. The number of benzene rings is 3. The highest BCUT2D eigenvalue weighted by Gasteiger charge is 2.09. The molecule has 0 fully saturated rings. The van der Waals surface area contributed by atoms with E-state index in [1.807, 2.05) is 0 Å². The van der Waals surface area contributed by atoms with Crippen LogP contribution in [0.5, 0.6) is 0 Å². The van der Waals surface area contributed by atoms with Crippen LogP contribution >= 0.6 is 0 Å². The van der Waals surface area contributed by atoms with Crippen LogP contribution in [0.2, 0.25) is 0 Å². The molecule has 3 aromatic carbocycles. The molecule has 4 aliphatic carbocycles. The molecule has 0 nitrogen and oxygen atoms in total. The van der Waals surface area contributed by atoms with Gasteiger partial charge in [-0.25, -0.2) is 0 Å². The standard InChI is InChI=1S/C26H28/c1-19-9-13-25(14-10-19)26-18-22-6-3-7-23-15-11-21(17-20(23)2)5-4-8-24(26)16-12-22/h9-18H,3-8H2,1-2H3. The molecule has 0 radical (unpaired) electrons. The fraction of sp³-hybridized carbons (Fsp3) is 0.308. The highest BCUT2D eigenvalue weighted by molar-refractivity contribution is 5.68. The molecule has 0 atom stereocenters. The molecule has 132 valence electrons. The summed E-state index contributed by atoms with van der Waals surface area (Å²) in [5, 5.41) is 0. The number of aryl methyl sites for hydroxylation is 6. The predicted octanol–water partition coefficient (Wildman–Crippen LogP) is 6.63. The van der Waals surface area contributed by atoms with Gasteiger partial charge in [-0.2, -0.15) is 0 Å². The van der Waals surface area contributed by atoms with Gasteiger partial charge in [-0.15, -0.1) is 0 Å². The van der Waals surface area contributed by atoms with Crippen molar-refractivity contribution in [3.8, 4) is 11.1 Å². The lowest BCUT2D eigenvalue weighted by molar-refractivity contribution is 0.797. The first-order valence-electron chi connectivity index (χ1n) is 9.96. The molecule has 7 rings (SSSR count). The third-order valence-electron chi connectivity index (χ3n) is 5.77. The summed E-state index contributed by atoms with van der Waals surface area (Å²) in [5.74, 6) is 0. The summed E-state index contributed by atoms with van der Waals surface area (Å²) in [7, 11) is 0. The van der Waals surface area contributed by atoms with E-state index in [0.717, 1.165) is 19.3 Å². The predicted molar refractivity (Wildman–Crippen MR) is 112 cm³/mol. The maximum absolute atomic E-state index is 2.44. The van der Waals surface area contributed by atoms with Crippen LogP contribution in [0, 0.1) is 13.8 Å². The number of hydrogen-bond donors (Lipinski definition) is 0. The molecule has 3 aromatic rings. The highest BCUT2D eigenvalue weighted by atomic mass is 14.1. The van der Waals surface area contributed by atoms with Crippen molar-refractivity contribution < 1.29 is 0 Å². The van der Waals surface area contributed by atoms with Crippen LogP contribution in [0.25, 0.3) is 11.1 Å². The van der Waals surface area contributed by atoms with Crippen LogP contribution in [0.15, 0.2) is 60.7 Å². The largest absolute Gasteiger partial charge is 0.0588 e. The zero-order valence-electron chi connectivity index (χ0n) is 16.0. The summed E-state index contributed by atoms with van der Waals surface area (Å²) < 4.78 is 0. The van der Waals surface area contributed by atoms with Crippen molar-refractivity contribution in [3.05, 3.63) is 94.0 Å². The molecule has 4 aliphatic rings. The smallest absolute Gasteiger partial charge is 0.0149 e. The molecule has 0 amide bonds. The second kappa shape index (κ2) is 7.50. The van der Waals surface area contributed by atoms with Gasteiger partial charge in [0.15, 0.2) is 0 Å². The number of hydrogen-bond acceptors (Lipinski definition) is 0. The Balaban J connectivity index is 1.69. The van der Waals surface area contributed by atoms with Gasteiger partial charge in [0.1, 0.15) is 0 Å². The summed E-state index contributed by atoms with van der Waals surface area (Å²) in [6.07, 6.45) is 7.05. The van der Waals surface area contributed by atoms with Gasteiger partial charge in [0.05, 0.1) is 0 Å². The van der Waals surface area contributed by atoms with Gasteiger partial charge in [0.25, 0.3) is 0 Å². The molecular weight excluding hydrogens is 312 g/mol. The summed E-state index contributed by atoms with van der Waals surface area (Å²) in [6, 6.07) is 23.3. The molecule has 0 aliphatic heterocycles. The van der Waals surface area contributed by atoms with Gasteiger partial charge >= 0.3 is 0 Å². The van der Waals surface area contributed by atoms with E-state index in [0.29, 0.717) is 0 Å². The van der Waals surface area contributed by atoms with Crippen LogP contribution in [0.1, 0.15) is 46.2 Å². The molecule has 0 N–H and O–H groups in total. The van der Waals surface area contributed by atoms with Crippen molar-refractivity contribution in [2.45, 2.75) is 52.4 Å². The van der Waals surface area contributed by atoms with Crippen molar-refractivity contribution in [3.63, 3.8) is 0 Å².